The van der Waals surface area contributed by atoms with Crippen molar-refractivity contribution in [1.29, 1.82) is 0 Å². The maximum absolute atomic E-state index is 12.9. The van der Waals surface area contributed by atoms with Crippen LogP contribution >= 0.6 is 0 Å². The van der Waals surface area contributed by atoms with Crippen LogP contribution in [0.1, 0.15) is 18.4 Å². The number of likely N-dealkylation sites (tertiary alicyclic amines) is 1. The molecule has 0 aliphatic carbocycles. The summed E-state index contributed by atoms with van der Waals surface area (Å²) in [4.78, 5) is 30.8. The van der Waals surface area contributed by atoms with Gasteiger partial charge in [0, 0.05) is 31.7 Å². The Morgan fingerprint density at radius 3 is 2.17 bits per heavy atom. The average Bonchev–Trinajstić information content (AvgIpc) is 3.08. The van der Waals surface area contributed by atoms with Crippen LogP contribution in [0.5, 0.6) is 11.5 Å². The predicted octanol–water partition coefficient (Wildman–Crippen LogP) is 3.14. The van der Waals surface area contributed by atoms with Gasteiger partial charge in [-0.2, -0.15) is 0 Å². The van der Waals surface area contributed by atoms with Crippen molar-refractivity contribution < 1.29 is 19.1 Å². The fourth-order valence-electron chi connectivity index (χ4n) is 4.24. The second-order valence-corrected chi connectivity index (χ2v) is 7.70. The molecule has 0 saturated carbocycles. The smallest absolute Gasteiger partial charge is 0.332 e. The number of para-hydroxylation sites is 1. The summed E-state index contributed by atoms with van der Waals surface area (Å²) in [7, 11) is 3.30. The van der Waals surface area contributed by atoms with Gasteiger partial charge in [-0.05, 0) is 42.7 Å². The topological polar surface area (TPSA) is 62.3 Å². The lowest BCUT2D eigenvalue weighted by Crippen LogP contribution is -2.46. The molecule has 0 bridgehead atoms. The number of hydrogen-bond donors (Lipinski definition) is 0. The quantitative estimate of drug-likeness (QED) is 0.686. The van der Waals surface area contributed by atoms with Crippen LogP contribution in [0.4, 0.5) is 10.5 Å². The third-order valence-electron chi connectivity index (χ3n) is 5.82. The summed E-state index contributed by atoms with van der Waals surface area (Å²) in [5.41, 5.74) is 1.77. The molecule has 0 aromatic heterocycles. The Morgan fingerprint density at radius 2 is 1.57 bits per heavy atom. The van der Waals surface area contributed by atoms with E-state index in [1.54, 1.807) is 31.3 Å². The molecule has 0 radical (unpaired) electrons. The number of ether oxygens (including phenoxy) is 2. The number of piperidine rings is 1. The number of methoxy groups -OCH3 is 2. The lowest BCUT2D eigenvalue weighted by Gasteiger charge is -2.36. The molecule has 7 nitrogen and oxygen atoms in total. The molecule has 2 aromatic carbocycles. The summed E-state index contributed by atoms with van der Waals surface area (Å²) in [6, 6.07) is 14.9. The molecule has 0 atom stereocenters. The minimum atomic E-state index is -0.206. The molecule has 30 heavy (non-hydrogen) atoms. The highest BCUT2D eigenvalue weighted by atomic mass is 16.5. The van der Waals surface area contributed by atoms with Gasteiger partial charge in [0.05, 0.1) is 19.9 Å². The van der Waals surface area contributed by atoms with Crippen molar-refractivity contribution in [2.75, 3.05) is 38.8 Å². The van der Waals surface area contributed by atoms with Crippen molar-refractivity contribution in [1.82, 2.24) is 9.80 Å². The first-order chi connectivity index (χ1) is 14.6. The van der Waals surface area contributed by atoms with Crippen LogP contribution in [-0.2, 0) is 11.3 Å². The molecule has 3 amide bonds. The van der Waals surface area contributed by atoms with Gasteiger partial charge >= 0.3 is 6.03 Å². The highest BCUT2D eigenvalue weighted by Gasteiger charge is 2.41. The number of rotatable bonds is 6. The number of urea groups is 1. The summed E-state index contributed by atoms with van der Waals surface area (Å²) >= 11 is 0. The van der Waals surface area contributed by atoms with Gasteiger partial charge < -0.3 is 14.4 Å². The Morgan fingerprint density at radius 1 is 0.933 bits per heavy atom. The predicted molar refractivity (Wildman–Crippen MR) is 114 cm³/mol. The summed E-state index contributed by atoms with van der Waals surface area (Å²) in [6.45, 7) is 2.69. The molecular weight excluding hydrogens is 382 g/mol. The number of carbonyl (C=O) groups excluding carboxylic acids is 2. The zero-order valence-electron chi connectivity index (χ0n) is 17.4. The fourth-order valence-corrected chi connectivity index (χ4v) is 4.24. The van der Waals surface area contributed by atoms with Crippen LogP contribution in [0.25, 0.3) is 0 Å². The van der Waals surface area contributed by atoms with E-state index >= 15 is 0 Å². The molecule has 0 spiro atoms. The Balaban J connectivity index is 1.37. The van der Waals surface area contributed by atoms with Crippen LogP contribution in [0.3, 0.4) is 0 Å². The number of benzene rings is 2. The summed E-state index contributed by atoms with van der Waals surface area (Å²) < 4.78 is 10.7. The van der Waals surface area contributed by atoms with E-state index in [2.05, 4.69) is 4.90 Å². The lowest BCUT2D eigenvalue weighted by atomic mass is 10.0. The van der Waals surface area contributed by atoms with Crippen LogP contribution in [-0.4, -0.2) is 61.6 Å². The highest BCUT2D eigenvalue weighted by Crippen LogP contribution is 2.28. The van der Waals surface area contributed by atoms with Gasteiger partial charge in [-0.25, -0.2) is 9.69 Å². The van der Waals surface area contributed by atoms with E-state index in [0.29, 0.717) is 5.69 Å². The molecule has 158 valence electrons. The largest absolute Gasteiger partial charge is 0.497 e. The van der Waals surface area contributed by atoms with Crippen molar-refractivity contribution in [3.63, 3.8) is 0 Å². The first-order valence-electron chi connectivity index (χ1n) is 10.2. The molecule has 0 unspecified atom stereocenters. The molecule has 2 aliphatic heterocycles. The molecular formula is C23H27N3O4. The van der Waals surface area contributed by atoms with E-state index in [1.807, 2.05) is 36.4 Å². The summed E-state index contributed by atoms with van der Waals surface area (Å²) in [6.07, 6.45) is 1.70. The summed E-state index contributed by atoms with van der Waals surface area (Å²) in [5.74, 6) is 1.40. The van der Waals surface area contributed by atoms with Gasteiger partial charge in [0.1, 0.15) is 18.0 Å². The third kappa shape index (κ3) is 4.11. The van der Waals surface area contributed by atoms with E-state index < -0.39 is 0 Å². The van der Waals surface area contributed by atoms with Crippen LogP contribution < -0.4 is 14.4 Å². The number of imide groups is 1. The van der Waals surface area contributed by atoms with Crippen molar-refractivity contribution in [3.8, 4) is 11.5 Å². The van der Waals surface area contributed by atoms with Crippen molar-refractivity contribution in [2.45, 2.75) is 25.4 Å². The average molecular weight is 409 g/mol. The number of amides is 3. The SMILES string of the molecule is COc1cc(CN2CCC(N3CC(=O)N(c4ccccc4)C3=O)CC2)cc(OC)c1. The van der Waals surface area contributed by atoms with E-state index in [9.17, 15) is 9.59 Å². The standard InChI is InChI=1S/C23H27N3O4/c1-29-20-12-17(13-21(14-20)30-2)15-24-10-8-18(9-11-24)25-16-22(27)26(23(25)28)19-6-4-3-5-7-19/h3-7,12-14,18H,8-11,15-16H2,1-2H3. The van der Waals surface area contributed by atoms with Crippen LogP contribution in [0.2, 0.25) is 0 Å². The second kappa shape index (κ2) is 8.75. The third-order valence-corrected chi connectivity index (χ3v) is 5.82. The van der Waals surface area contributed by atoms with Gasteiger partial charge in [0.2, 0.25) is 0 Å². The molecule has 2 saturated heterocycles. The number of nitrogens with zero attached hydrogens (tertiary/aromatic N) is 3. The molecule has 7 heteroatoms. The van der Waals surface area contributed by atoms with Gasteiger partial charge in [0.15, 0.2) is 0 Å². The Kier molecular flexibility index (Phi) is 5.90. The van der Waals surface area contributed by atoms with E-state index in [4.69, 9.17) is 9.47 Å². The van der Waals surface area contributed by atoms with Crippen LogP contribution in [0, 0.1) is 0 Å². The first kappa shape index (κ1) is 20.2. The normalized spacial score (nSPS) is 18.2. The van der Waals surface area contributed by atoms with Crippen molar-refractivity contribution >= 4 is 17.6 Å². The second-order valence-electron chi connectivity index (χ2n) is 7.70. The molecule has 4 rings (SSSR count). The Labute approximate surface area is 176 Å². The zero-order chi connectivity index (χ0) is 21.1. The molecule has 0 N–H and O–H groups in total. The van der Waals surface area contributed by atoms with Gasteiger partial charge in [-0.15, -0.1) is 0 Å². The molecule has 2 aromatic rings. The monoisotopic (exact) mass is 409 g/mol. The Bertz CT molecular complexity index is 888. The maximum atomic E-state index is 12.9. The minimum Gasteiger partial charge on any atom is -0.497 e. The maximum Gasteiger partial charge on any atom is 0.332 e. The highest BCUT2D eigenvalue weighted by molar-refractivity contribution is 6.19. The number of carbonyl (C=O) groups is 2. The van der Waals surface area contributed by atoms with Crippen LogP contribution in [0.15, 0.2) is 48.5 Å². The molecule has 2 fully saturated rings. The molecule has 2 aliphatic rings. The Hall–Kier alpha value is -3.06. The van der Waals surface area contributed by atoms with Crippen molar-refractivity contribution in [3.05, 3.63) is 54.1 Å². The lowest BCUT2D eigenvalue weighted by molar-refractivity contribution is -0.116. The van der Waals surface area contributed by atoms with E-state index in [0.717, 1.165) is 49.5 Å². The minimum absolute atomic E-state index is 0.0891. The molecule has 2 heterocycles. The van der Waals surface area contributed by atoms with Gasteiger partial charge in [-0.3, -0.25) is 9.69 Å². The van der Waals surface area contributed by atoms with Crippen molar-refractivity contribution in [2.24, 2.45) is 0 Å². The summed E-state index contributed by atoms with van der Waals surface area (Å²) in [5, 5.41) is 0. The van der Waals surface area contributed by atoms with Gasteiger partial charge in [-0.1, -0.05) is 18.2 Å². The first-order valence-corrected chi connectivity index (χ1v) is 10.2. The fraction of sp³-hybridized carbons (Fsp3) is 0.391. The number of hydrogen-bond acceptors (Lipinski definition) is 5. The van der Waals surface area contributed by atoms with Gasteiger partial charge in [0.25, 0.3) is 5.91 Å². The van der Waals surface area contributed by atoms with E-state index in [1.165, 1.54) is 4.90 Å². The number of anilines is 1. The van der Waals surface area contributed by atoms with E-state index in [-0.39, 0.29) is 24.5 Å². The zero-order valence-corrected chi connectivity index (χ0v) is 17.4.